The standard InChI is InChI=1S/C13H13ClN2OS/c14-11-7-10(5-4-9(11)8-15)16-13(17)12-3-1-2-6-18-12/h4-5,7,12H,1-3,6H2,(H,16,17). The van der Waals surface area contributed by atoms with Gasteiger partial charge in [0, 0.05) is 5.69 Å². The highest BCUT2D eigenvalue weighted by atomic mass is 35.5. The maximum Gasteiger partial charge on any atom is 0.237 e. The summed E-state index contributed by atoms with van der Waals surface area (Å²) in [5.74, 6) is 1.08. The summed E-state index contributed by atoms with van der Waals surface area (Å²) in [6.45, 7) is 0. The number of benzene rings is 1. The molecule has 0 aliphatic carbocycles. The fourth-order valence-electron chi connectivity index (χ4n) is 1.85. The van der Waals surface area contributed by atoms with Crippen molar-refractivity contribution < 1.29 is 4.79 Å². The average molecular weight is 281 g/mol. The minimum atomic E-state index is 0.0282. The minimum absolute atomic E-state index is 0.0282. The molecule has 0 bridgehead atoms. The van der Waals surface area contributed by atoms with Crippen LogP contribution in [0.15, 0.2) is 18.2 Å². The molecular weight excluding hydrogens is 268 g/mol. The van der Waals surface area contributed by atoms with E-state index in [-0.39, 0.29) is 11.2 Å². The highest BCUT2D eigenvalue weighted by molar-refractivity contribution is 8.00. The molecule has 2 rings (SSSR count). The smallest absolute Gasteiger partial charge is 0.237 e. The molecule has 1 aliphatic heterocycles. The Hall–Kier alpha value is -1.18. The number of nitrogens with one attached hydrogen (secondary N) is 1. The Morgan fingerprint density at radius 1 is 1.50 bits per heavy atom. The van der Waals surface area contributed by atoms with Crippen molar-refractivity contribution in [2.75, 3.05) is 11.1 Å². The first-order valence-corrected chi connectivity index (χ1v) is 7.25. The van der Waals surface area contributed by atoms with Crippen molar-refractivity contribution in [1.29, 1.82) is 5.26 Å². The molecule has 3 nitrogen and oxygen atoms in total. The van der Waals surface area contributed by atoms with E-state index in [2.05, 4.69) is 5.32 Å². The fraction of sp³-hybridized carbons (Fsp3) is 0.385. The van der Waals surface area contributed by atoms with Gasteiger partial charge in [-0.25, -0.2) is 0 Å². The lowest BCUT2D eigenvalue weighted by molar-refractivity contribution is -0.115. The van der Waals surface area contributed by atoms with Gasteiger partial charge in [0.2, 0.25) is 5.91 Å². The van der Waals surface area contributed by atoms with Gasteiger partial charge in [0.25, 0.3) is 0 Å². The number of carbonyl (C=O) groups excluding carboxylic acids is 1. The van der Waals surface area contributed by atoms with E-state index in [9.17, 15) is 4.79 Å². The van der Waals surface area contributed by atoms with Crippen LogP contribution in [0, 0.1) is 11.3 Å². The lowest BCUT2D eigenvalue weighted by Gasteiger charge is -2.20. The maximum absolute atomic E-state index is 12.0. The monoisotopic (exact) mass is 280 g/mol. The number of carbonyl (C=O) groups is 1. The number of nitriles is 1. The van der Waals surface area contributed by atoms with Crippen LogP contribution in [-0.4, -0.2) is 16.9 Å². The van der Waals surface area contributed by atoms with Crippen LogP contribution < -0.4 is 5.32 Å². The van der Waals surface area contributed by atoms with Gasteiger partial charge in [-0.15, -0.1) is 11.8 Å². The molecule has 1 heterocycles. The zero-order valence-corrected chi connectivity index (χ0v) is 11.4. The third kappa shape index (κ3) is 3.18. The second-order valence-corrected chi connectivity index (χ2v) is 5.87. The van der Waals surface area contributed by atoms with E-state index < -0.39 is 0 Å². The maximum atomic E-state index is 12.0. The van der Waals surface area contributed by atoms with Crippen LogP contribution in [0.2, 0.25) is 5.02 Å². The summed E-state index contributed by atoms with van der Waals surface area (Å²) < 4.78 is 0. The Labute approximate surface area is 116 Å². The highest BCUT2D eigenvalue weighted by Crippen LogP contribution is 2.27. The summed E-state index contributed by atoms with van der Waals surface area (Å²) in [5, 5.41) is 12.0. The van der Waals surface area contributed by atoms with Gasteiger partial charge >= 0.3 is 0 Å². The molecule has 0 radical (unpaired) electrons. The van der Waals surface area contributed by atoms with Crippen molar-refractivity contribution in [1.82, 2.24) is 0 Å². The van der Waals surface area contributed by atoms with Crippen molar-refractivity contribution in [2.24, 2.45) is 0 Å². The van der Waals surface area contributed by atoms with Gasteiger partial charge in [0.1, 0.15) is 6.07 Å². The Morgan fingerprint density at radius 2 is 2.33 bits per heavy atom. The van der Waals surface area contributed by atoms with Gasteiger partial charge in [-0.3, -0.25) is 4.79 Å². The van der Waals surface area contributed by atoms with Gasteiger partial charge in [-0.05, 0) is 36.8 Å². The number of halogens is 1. The second-order valence-electron chi connectivity index (χ2n) is 4.15. The van der Waals surface area contributed by atoms with Gasteiger partial charge in [0.05, 0.1) is 15.8 Å². The van der Waals surface area contributed by atoms with Crippen molar-refractivity contribution in [2.45, 2.75) is 24.5 Å². The first-order valence-electron chi connectivity index (χ1n) is 5.83. The number of hydrogen-bond acceptors (Lipinski definition) is 3. The number of anilines is 1. The highest BCUT2D eigenvalue weighted by Gasteiger charge is 2.21. The minimum Gasteiger partial charge on any atom is -0.325 e. The number of amides is 1. The summed E-state index contributed by atoms with van der Waals surface area (Å²) in [7, 11) is 0. The molecule has 1 aromatic carbocycles. The molecule has 1 N–H and O–H groups in total. The van der Waals surface area contributed by atoms with Gasteiger partial charge in [-0.1, -0.05) is 18.0 Å². The molecule has 5 heteroatoms. The Balaban J connectivity index is 2.02. The average Bonchev–Trinajstić information content (AvgIpc) is 2.40. The van der Waals surface area contributed by atoms with Crippen LogP contribution in [0.25, 0.3) is 0 Å². The van der Waals surface area contributed by atoms with E-state index in [1.807, 2.05) is 6.07 Å². The largest absolute Gasteiger partial charge is 0.325 e. The van der Waals surface area contributed by atoms with E-state index >= 15 is 0 Å². The Bertz CT molecular complexity index is 492. The Kier molecular flexibility index (Phi) is 4.51. The van der Waals surface area contributed by atoms with Crippen molar-refractivity contribution in [3.63, 3.8) is 0 Å². The zero-order valence-electron chi connectivity index (χ0n) is 9.78. The molecule has 1 aromatic rings. The normalized spacial score (nSPS) is 19.0. The van der Waals surface area contributed by atoms with Gasteiger partial charge in [0.15, 0.2) is 0 Å². The lowest BCUT2D eigenvalue weighted by Crippen LogP contribution is -2.27. The topological polar surface area (TPSA) is 52.9 Å². The van der Waals surface area contributed by atoms with E-state index in [1.54, 1.807) is 30.0 Å². The third-order valence-electron chi connectivity index (χ3n) is 2.83. The van der Waals surface area contributed by atoms with Crippen LogP contribution in [-0.2, 0) is 4.79 Å². The molecule has 1 atom stereocenters. The van der Waals surface area contributed by atoms with Crippen molar-refractivity contribution >= 4 is 35.0 Å². The van der Waals surface area contributed by atoms with E-state index in [0.29, 0.717) is 16.3 Å². The molecule has 1 aliphatic rings. The molecule has 0 spiro atoms. The van der Waals surface area contributed by atoms with Crippen molar-refractivity contribution in [3.05, 3.63) is 28.8 Å². The number of nitrogens with zero attached hydrogens (tertiary/aromatic N) is 1. The molecule has 94 valence electrons. The second kappa shape index (κ2) is 6.12. The Morgan fingerprint density at radius 3 is 2.94 bits per heavy atom. The summed E-state index contributed by atoms with van der Waals surface area (Å²) in [6.07, 6.45) is 3.23. The molecule has 1 saturated heterocycles. The first-order chi connectivity index (χ1) is 8.70. The number of rotatable bonds is 2. The number of hydrogen-bond donors (Lipinski definition) is 1. The third-order valence-corrected chi connectivity index (χ3v) is 4.52. The van der Waals surface area contributed by atoms with Crippen LogP contribution in [0.5, 0.6) is 0 Å². The predicted octanol–water partition coefficient (Wildman–Crippen LogP) is 3.44. The van der Waals surface area contributed by atoms with E-state index in [1.165, 1.54) is 6.42 Å². The first kappa shape index (κ1) is 13.3. The van der Waals surface area contributed by atoms with Crippen LogP contribution in [0.4, 0.5) is 5.69 Å². The molecule has 18 heavy (non-hydrogen) atoms. The summed E-state index contributed by atoms with van der Waals surface area (Å²) in [6, 6.07) is 6.93. The van der Waals surface area contributed by atoms with Gasteiger partial charge < -0.3 is 5.32 Å². The zero-order chi connectivity index (χ0) is 13.0. The summed E-state index contributed by atoms with van der Waals surface area (Å²) in [4.78, 5) is 12.0. The molecule has 1 fully saturated rings. The molecule has 0 saturated carbocycles. The predicted molar refractivity (Wildman–Crippen MR) is 74.9 cm³/mol. The number of thioether (sulfide) groups is 1. The van der Waals surface area contributed by atoms with Crippen molar-refractivity contribution in [3.8, 4) is 6.07 Å². The fourth-order valence-corrected chi connectivity index (χ4v) is 3.28. The summed E-state index contributed by atoms with van der Waals surface area (Å²) >= 11 is 7.62. The summed E-state index contributed by atoms with van der Waals surface area (Å²) in [5.41, 5.74) is 1.07. The van der Waals surface area contributed by atoms with E-state index in [4.69, 9.17) is 16.9 Å². The molecule has 0 aromatic heterocycles. The quantitative estimate of drug-likeness (QED) is 0.903. The van der Waals surface area contributed by atoms with Crippen LogP contribution in [0.3, 0.4) is 0 Å². The van der Waals surface area contributed by atoms with Crippen LogP contribution >= 0.6 is 23.4 Å². The van der Waals surface area contributed by atoms with E-state index in [0.717, 1.165) is 18.6 Å². The lowest BCUT2D eigenvalue weighted by atomic mass is 10.1. The molecular formula is C13H13ClN2OS. The van der Waals surface area contributed by atoms with Gasteiger partial charge in [-0.2, -0.15) is 5.26 Å². The molecule has 1 amide bonds. The van der Waals surface area contributed by atoms with Crippen LogP contribution in [0.1, 0.15) is 24.8 Å². The molecule has 1 unspecified atom stereocenters. The SMILES string of the molecule is N#Cc1ccc(NC(=O)C2CCCCS2)cc1Cl.